The van der Waals surface area contributed by atoms with E-state index in [0.29, 0.717) is 28.8 Å². The molecule has 0 saturated carbocycles. The number of carbonyl (C=O) groups is 2. The van der Waals surface area contributed by atoms with Gasteiger partial charge >= 0.3 is 0 Å². The second-order valence-corrected chi connectivity index (χ2v) is 9.14. The van der Waals surface area contributed by atoms with Crippen LogP contribution in [0.3, 0.4) is 0 Å². The van der Waals surface area contributed by atoms with Gasteiger partial charge in [-0.05, 0) is 69.1 Å². The number of nitrogens with zero attached hydrogens (tertiary/aromatic N) is 2. The summed E-state index contributed by atoms with van der Waals surface area (Å²) in [6.45, 7) is 3.92. The van der Waals surface area contributed by atoms with Gasteiger partial charge in [0.05, 0.1) is 12.8 Å². The molecule has 0 spiro atoms. The van der Waals surface area contributed by atoms with Gasteiger partial charge in [-0.25, -0.2) is 0 Å². The average Bonchev–Trinajstić information content (AvgIpc) is 2.89. The number of amides is 2. The van der Waals surface area contributed by atoms with E-state index in [1.807, 2.05) is 29.2 Å². The number of nitrogens with one attached hydrogen (secondary N) is 1. The number of rotatable bonds is 4. The lowest BCUT2D eigenvalue weighted by Gasteiger charge is -2.40. The van der Waals surface area contributed by atoms with Crippen molar-refractivity contribution in [3.63, 3.8) is 0 Å². The monoisotopic (exact) mass is 461 g/mol. The first-order valence-electron chi connectivity index (χ1n) is 12.1. The molecule has 0 aromatic heterocycles. The van der Waals surface area contributed by atoms with Crippen molar-refractivity contribution in [1.82, 2.24) is 9.80 Å². The molecule has 34 heavy (non-hydrogen) atoms. The Balaban J connectivity index is 1.26. The quantitative estimate of drug-likeness (QED) is 0.693. The third-order valence-corrected chi connectivity index (χ3v) is 7.00. The molecule has 0 radical (unpaired) electrons. The normalized spacial score (nSPS) is 20.4. The number of hydrogen-bond acceptors (Lipinski definition) is 5. The predicted molar refractivity (Wildman–Crippen MR) is 131 cm³/mol. The number of ether oxygens (including phenoxy) is 2. The van der Waals surface area contributed by atoms with Crippen molar-refractivity contribution in [2.24, 2.45) is 0 Å². The molecular weight excluding hydrogens is 430 g/mol. The zero-order chi connectivity index (χ0) is 23.5. The van der Waals surface area contributed by atoms with Crippen LogP contribution < -0.4 is 14.8 Å². The van der Waals surface area contributed by atoms with E-state index in [9.17, 15) is 9.59 Å². The lowest BCUT2D eigenvalue weighted by atomic mass is 9.99. The first kappa shape index (κ1) is 22.5. The summed E-state index contributed by atoms with van der Waals surface area (Å²) in [5, 5.41) is 2.87. The highest BCUT2D eigenvalue weighted by molar-refractivity contribution is 6.09. The first-order valence-corrected chi connectivity index (χ1v) is 12.1. The summed E-state index contributed by atoms with van der Waals surface area (Å²) in [5.41, 5.74) is 1.82. The van der Waals surface area contributed by atoms with Gasteiger partial charge in [-0.1, -0.05) is 24.6 Å². The highest BCUT2D eigenvalue weighted by atomic mass is 16.5. The number of methoxy groups -OCH3 is 1. The van der Waals surface area contributed by atoms with Gasteiger partial charge in [0.2, 0.25) is 0 Å². The third kappa shape index (κ3) is 4.66. The third-order valence-electron chi connectivity index (χ3n) is 7.00. The molecule has 3 aliphatic rings. The lowest BCUT2D eigenvalue weighted by Crippen LogP contribution is -2.48. The standard InChI is InChI=1S/C27H31N3O4/c1-33-23-8-4-3-7-19(23)18-25-26(31)28-22-17-20(9-10-24(22)34-25)27(32)30-15-11-21(12-16-30)29-13-5-2-6-14-29/h3-4,7-10,17-18,21H,2,5-6,11-16H2,1H3,(H,28,31). The first-order chi connectivity index (χ1) is 16.6. The number of hydrogen-bond donors (Lipinski definition) is 1. The molecule has 2 fully saturated rings. The zero-order valence-electron chi connectivity index (χ0n) is 19.6. The van der Waals surface area contributed by atoms with Gasteiger partial charge in [0.1, 0.15) is 5.75 Å². The number of para-hydroxylation sites is 1. The number of piperidine rings is 2. The summed E-state index contributed by atoms with van der Waals surface area (Å²) < 4.78 is 11.2. The maximum absolute atomic E-state index is 13.2. The Bertz CT molecular complexity index is 1100. The van der Waals surface area contributed by atoms with Crippen molar-refractivity contribution >= 4 is 23.6 Å². The zero-order valence-corrected chi connectivity index (χ0v) is 19.6. The van der Waals surface area contributed by atoms with E-state index >= 15 is 0 Å². The van der Waals surface area contributed by atoms with Gasteiger partial charge in [0.15, 0.2) is 11.5 Å². The van der Waals surface area contributed by atoms with Crippen LogP contribution in [0.15, 0.2) is 48.2 Å². The van der Waals surface area contributed by atoms with Crippen molar-refractivity contribution in [2.45, 2.75) is 38.1 Å². The summed E-state index contributed by atoms with van der Waals surface area (Å²) in [6, 6.07) is 13.3. The maximum atomic E-state index is 13.2. The van der Waals surface area contributed by atoms with Gasteiger partial charge in [-0.15, -0.1) is 0 Å². The summed E-state index contributed by atoms with van der Waals surface area (Å²) in [5.74, 6) is 0.994. The SMILES string of the molecule is COc1ccccc1C=C1Oc2ccc(C(=O)N3CCC(N4CCCCC4)CC3)cc2NC1=O. The van der Waals surface area contributed by atoms with Crippen LogP contribution in [0.2, 0.25) is 0 Å². The van der Waals surface area contributed by atoms with E-state index in [-0.39, 0.29) is 17.6 Å². The molecule has 5 rings (SSSR count). The Morgan fingerprint density at radius 2 is 1.82 bits per heavy atom. The fourth-order valence-electron chi connectivity index (χ4n) is 5.12. The molecule has 178 valence electrons. The van der Waals surface area contributed by atoms with Gasteiger partial charge in [0, 0.05) is 30.3 Å². The Morgan fingerprint density at radius 1 is 1.06 bits per heavy atom. The molecule has 2 aromatic rings. The van der Waals surface area contributed by atoms with Crippen molar-refractivity contribution in [3.8, 4) is 11.5 Å². The molecular formula is C27H31N3O4. The van der Waals surface area contributed by atoms with Gasteiger partial charge < -0.3 is 24.6 Å². The molecule has 2 aromatic carbocycles. The predicted octanol–water partition coefficient (Wildman–Crippen LogP) is 4.16. The molecule has 1 N–H and O–H groups in total. The van der Waals surface area contributed by atoms with E-state index in [1.54, 1.807) is 31.4 Å². The van der Waals surface area contributed by atoms with Gasteiger partial charge in [-0.2, -0.15) is 0 Å². The van der Waals surface area contributed by atoms with Gasteiger partial charge in [0.25, 0.3) is 11.8 Å². The maximum Gasteiger partial charge on any atom is 0.291 e. The van der Waals surface area contributed by atoms with Crippen LogP contribution in [-0.2, 0) is 4.79 Å². The molecule has 3 aliphatic heterocycles. The van der Waals surface area contributed by atoms with Crippen LogP contribution in [0.5, 0.6) is 11.5 Å². The fraction of sp³-hybridized carbons (Fsp3) is 0.407. The minimum absolute atomic E-state index is 0.00417. The number of anilines is 1. The molecule has 0 atom stereocenters. The molecule has 0 aliphatic carbocycles. The number of fused-ring (bicyclic) bond motifs is 1. The van der Waals surface area contributed by atoms with E-state index in [4.69, 9.17) is 9.47 Å². The van der Waals surface area contributed by atoms with Crippen molar-refractivity contribution in [2.75, 3.05) is 38.6 Å². The van der Waals surface area contributed by atoms with Crippen LogP contribution in [0.1, 0.15) is 48.0 Å². The minimum Gasteiger partial charge on any atom is -0.496 e. The highest BCUT2D eigenvalue weighted by Gasteiger charge is 2.29. The second kappa shape index (κ2) is 9.89. The lowest BCUT2D eigenvalue weighted by molar-refractivity contribution is -0.115. The largest absolute Gasteiger partial charge is 0.496 e. The Hall–Kier alpha value is -3.32. The molecule has 3 heterocycles. The fourth-order valence-corrected chi connectivity index (χ4v) is 5.12. The Morgan fingerprint density at radius 3 is 2.59 bits per heavy atom. The second-order valence-electron chi connectivity index (χ2n) is 9.14. The van der Waals surface area contributed by atoms with Crippen LogP contribution in [-0.4, -0.2) is 60.9 Å². The summed E-state index contributed by atoms with van der Waals surface area (Å²) in [4.78, 5) is 30.4. The van der Waals surface area contributed by atoms with Gasteiger partial charge in [-0.3, -0.25) is 9.59 Å². The molecule has 2 amide bonds. The highest BCUT2D eigenvalue weighted by Crippen LogP contribution is 2.34. The molecule has 7 nitrogen and oxygen atoms in total. The smallest absolute Gasteiger partial charge is 0.291 e. The van der Waals surface area contributed by atoms with E-state index < -0.39 is 0 Å². The van der Waals surface area contributed by atoms with E-state index in [1.165, 1.54) is 32.4 Å². The van der Waals surface area contributed by atoms with Crippen LogP contribution in [0.4, 0.5) is 5.69 Å². The summed E-state index contributed by atoms with van der Waals surface area (Å²) >= 11 is 0. The molecule has 7 heteroatoms. The Kier molecular flexibility index (Phi) is 6.54. The topological polar surface area (TPSA) is 71.1 Å². The Labute approximate surface area is 200 Å². The summed E-state index contributed by atoms with van der Waals surface area (Å²) in [6.07, 6.45) is 7.61. The van der Waals surface area contributed by atoms with E-state index in [0.717, 1.165) is 31.5 Å². The van der Waals surface area contributed by atoms with Crippen LogP contribution in [0.25, 0.3) is 6.08 Å². The average molecular weight is 462 g/mol. The van der Waals surface area contributed by atoms with Crippen LogP contribution >= 0.6 is 0 Å². The van der Waals surface area contributed by atoms with Crippen LogP contribution in [0, 0.1) is 0 Å². The summed E-state index contributed by atoms with van der Waals surface area (Å²) in [7, 11) is 1.59. The number of carbonyl (C=O) groups excluding carboxylic acids is 2. The molecule has 0 unspecified atom stereocenters. The number of benzene rings is 2. The van der Waals surface area contributed by atoms with Crippen molar-refractivity contribution in [1.29, 1.82) is 0 Å². The van der Waals surface area contributed by atoms with Crippen molar-refractivity contribution in [3.05, 3.63) is 59.4 Å². The van der Waals surface area contributed by atoms with E-state index in [2.05, 4.69) is 10.2 Å². The van der Waals surface area contributed by atoms with Crippen molar-refractivity contribution < 1.29 is 19.1 Å². The molecule has 0 bridgehead atoms. The molecule has 2 saturated heterocycles. The number of likely N-dealkylation sites (tertiary alicyclic amines) is 2. The minimum atomic E-state index is -0.356.